The minimum absolute atomic E-state index is 0.0383. The van der Waals surface area contributed by atoms with Crippen molar-refractivity contribution >= 4 is 23.4 Å². The summed E-state index contributed by atoms with van der Waals surface area (Å²) in [6.45, 7) is 2.55. The van der Waals surface area contributed by atoms with Gasteiger partial charge >= 0.3 is 5.97 Å². The van der Waals surface area contributed by atoms with E-state index in [-0.39, 0.29) is 6.10 Å². The summed E-state index contributed by atoms with van der Waals surface area (Å²) in [4.78, 5) is 11.5. The maximum absolute atomic E-state index is 10.4. The fourth-order valence-corrected chi connectivity index (χ4v) is 2.53. The molecule has 2 rings (SSSR count). The number of rotatable bonds is 6. The van der Waals surface area contributed by atoms with Crippen molar-refractivity contribution in [2.45, 2.75) is 19.6 Å². The molecule has 1 unspecified atom stereocenters. The fraction of sp³-hybridized carbons (Fsp3) is 0.188. The number of thiophene rings is 1. The van der Waals surface area contributed by atoms with Crippen molar-refractivity contribution < 1.29 is 14.6 Å². The first-order chi connectivity index (χ1) is 9.65. The normalized spacial score (nSPS) is 12.7. The van der Waals surface area contributed by atoms with Gasteiger partial charge in [-0.2, -0.15) is 0 Å². The largest absolute Gasteiger partial charge is 0.478 e. The Hall–Kier alpha value is -1.91. The summed E-state index contributed by atoms with van der Waals surface area (Å²) in [5, 5.41) is 10.5. The molecule has 1 aromatic heterocycles. The minimum atomic E-state index is -0.938. The first-order valence-electron chi connectivity index (χ1n) is 6.30. The molecule has 1 N–H and O–H groups in total. The van der Waals surface area contributed by atoms with Gasteiger partial charge in [0.1, 0.15) is 0 Å². The summed E-state index contributed by atoms with van der Waals surface area (Å²) in [6, 6.07) is 12.0. The lowest BCUT2D eigenvalue weighted by Gasteiger charge is -2.12. The molecule has 1 heterocycles. The van der Waals surface area contributed by atoms with Gasteiger partial charge in [0.05, 0.1) is 12.7 Å². The number of hydrogen-bond acceptors (Lipinski definition) is 3. The summed E-state index contributed by atoms with van der Waals surface area (Å²) in [5.41, 5.74) is 2.04. The second kappa shape index (κ2) is 7.03. The second-order valence-corrected chi connectivity index (χ2v) is 5.38. The molecular formula is C16H16O3S. The van der Waals surface area contributed by atoms with Crippen molar-refractivity contribution in [1.82, 2.24) is 0 Å². The van der Waals surface area contributed by atoms with Crippen LogP contribution in [0.1, 0.15) is 29.0 Å². The third-order valence-electron chi connectivity index (χ3n) is 2.84. The Morgan fingerprint density at radius 3 is 2.85 bits per heavy atom. The molecule has 0 amide bonds. The first kappa shape index (κ1) is 14.5. The van der Waals surface area contributed by atoms with E-state index in [1.807, 2.05) is 48.7 Å². The first-order valence-corrected chi connectivity index (χ1v) is 7.18. The number of aliphatic carboxylic acids is 1. The zero-order chi connectivity index (χ0) is 14.4. The maximum atomic E-state index is 10.4. The Labute approximate surface area is 122 Å². The van der Waals surface area contributed by atoms with Crippen LogP contribution in [0.2, 0.25) is 0 Å². The van der Waals surface area contributed by atoms with Crippen molar-refractivity contribution in [3.63, 3.8) is 0 Å². The number of carbonyl (C=O) groups is 1. The van der Waals surface area contributed by atoms with E-state index >= 15 is 0 Å². The van der Waals surface area contributed by atoms with Gasteiger partial charge in [-0.1, -0.05) is 30.3 Å². The SMILES string of the molecule is CC(OCc1cc(C=CC(=O)O)cs1)c1ccccc1. The zero-order valence-corrected chi connectivity index (χ0v) is 12.0. The Kier molecular flexibility index (Phi) is 5.09. The van der Waals surface area contributed by atoms with Gasteiger partial charge in [-0.25, -0.2) is 4.79 Å². The van der Waals surface area contributed by atoms with Crippen LogP contribution < -0.4 is 0 Å². The lowest BCUT2D eigenvalue weighted by atomic mass is 10.1. The molecule has 2 aromatic rings. The quantitative estimate of drug-likeness (QED) is 0.813. The van der Waals surface area contributed by atoms with Gasteiger partial charge in [0.25, 0.3) is 0 Å². The highest BCUT2D eigenvalue weighted by Crippen LogP contribution is 2.22. The van der Waals surface area contributed by atoms with Crippen molar-refractivity contribution in [3.8, 4) is 0 Å². The molecule has 0 fully saturated rings. The molecule has 4 heteroatoms. The van der Waals surface area contributed by atoms with E-state index in [1.54, 1.807) is 17.4 Å². The summed E-state index contributed by atoms with van der Waals surface area (Å²) in [5.74, 6) is -0.938. The van der Waals surface area contributed by atoms with Gasteiger partial charge in [-0.15, -0.1) is 11.3 Å². The van der Waals surface area contributed by atoms with Gasteiger partial charge in [-0.05, 0) is 35.6 Å². The number of hydrogen-bond donors (Lipinski definition) is 1. The topological polar surface area (TPSA) is 46.5 Å². The highest BCUT2D eigenvalue weighted by Gasteiger charge is 2.06. The van der Waals surface area contributed by atoms with E-state index < -0.39 is 5.97 Å². The minimum Gasteiger partial charge on any atom is -0.478 e. The molecule has 0 spiro atoms. The van der Waals surface area contributed by atoms with Crippen LogP contribution in [0.25, 0.3) is 6.08 Å². The lowest BCUT2D eigenvalue weighted by molar-refractivity contribution is -0.131. The van der Waals surface area contributed by atoms with Gasteiger partial charge in [0.2, 0.25) is 0 Å². The molecule has 1 atom stereocenters. The molecule has 0 saturated heterocycles. The molecule has 104 valence electrons. The van der Waals surface area contributed by atoms with E-state index in [2.05, 4.69) is 0 Å². The van der Waals surface area contributed by atoms with Crippen molar-refractivity contribution in [2.24, 2.45) is 0 Å². The van der Waals surface area contributed by atoms with Crippen molar-refractivity contribution in [3.05, 3.63) is 63.9 Å². The van der Waals surface area contributed by atoms with Crippen LogP contribution in [0.15, 0.2) is 47.9 Å². The fourth-order valence-electron chi connectivity index (χ4n) is 1.76. The smallest absolute Gasteiger partial charge is 0.328 e. The third kappa shape index (κ3) is 4.33. The average molecular weight is 288 g/mol. The lowest BCUT2D eigenvalue weighted by Crippen LogP contribution is -1.99. The van der Waals surface area contributed by atoms with Crippen LogP contribution in [-0.4, -0.2) is 11.1 Å². The summed E-state index contributed by atoms with van der Waals surface area (Å²) in [6.07, 6.45) is 2.76. The van der Waals surface area contributed by atoms with Gasteiger partial charge in [0, 0.05) is 11.0 Å². The molecule has 0 saturated carbocycles. The molecule has 3 nitrogen and oxygen atoms in total. The molecule has 0 aliphatic carbocycles. The highest BCUT2D eigenvalue weighted by atomic mass is 32.1. The van der Waals surface area contributed by atoms with Gasteiger partial charge < -0.3 is 9.84 Å². The standard InChI is InChI=1S/C16H16O3S/c1-12(14-5-3-2-4-6-14)19-10-15-9-13(11-20-15)7-8-16(17)18/h2-9,11-12H,10H2,1H3,(H,17,18). The van der Waals surface area contributed by atoms with Crippen LogP contribution in [0.3, 0.4) is 0 Å². The number of benzene rings is 1. The van der Waals surface area contributed by atoms with Crippen molar-refractivity contribution in [2.75, 3.05) is 0 Å². The predicted molar refractivity (Wildman–Crippen MR) is 80.6 cm³/mol. The Morgan fingerprint density at radius 1 is 1.40 bits per heavy atom. The van der Waals surface area contributed by atoms with E-state index in [0.29, 0.717) is 6.61 Å². The highest BCUT2D eigenvalue weighted by molar-refractivity contribution is 7.10. The van der Waals surface area contributed by atoms with E-state index in [1.165, 1.54) is 0 Å². The molecule has 0 bridgehead atoms. The van der Waals surface area contributed by atoms with Crippen LogP contribution in [0.5, 0.6) is 0 Å². The van der Waals surface area contributed by atoms with Crippen LogP contribution in [-0.2, 0) is 16.1 Å². The van der Waals surface area contributed by atoms with E-state index in [9.17, 15) is 4.79 Å². The van der Waals surface area contributed by atoms with Gasteiger partial charge in [0.15, 0.2) is 0 Å². The monoisotopic (exact) mass is 288 g/mol. The van der Waals surface area contributed by atoms with Gasteiger partial charge in [-0.3, -0.25) is 0 Å². The molecule has 1 aromatic carbocycles. The predicted octanol–water partition coefficient (Wildman–Crippen LogP) is 4.12. The molecule has 0 aliphatic rings. The molecule has 0 radical (unpaired) electrons. The Balaban J connectivity index is 1.90. The van der Waals surface area contributed by atoms with E-state index in [0.717, 1.165) is 22.1 Å². The Bertz CT molecular complexity index is 587. The number of carboxylic acids is 1. The summed E-state index contributed by atoms with van der Waals surface area (Å²) in [7, 11) is 0. The molecule has 0 aliphatic heterocycles. The molecular weight excluding hydrogens is 272 g/mol. The van der Waals surface area contributed by atoms with Crippen LogP contribution in [0, 0.1) is 0 Å². The Morgan fingerprint density at radius 2 is 2.15 bits per heavy atom. The maximum Gasteiger partial charge on any atom is 0.328 e. The zero-order valence-electron chi connectivity index (χ0n) is 11.2. The second-order valence-electron chi connectivity index (χ2n) is 4.38. The van der Waals surface area contributed by atoms with Crippen LogP contribution >= 0.6 is 11.3 Å². The van der Waals surface area contributed by atoms with Crippen LogP contribution in [0.4, 0.5) is 0 Å². The molecule has 20 heavy (non-hydrogen) atoms. The number of carboxylic acid groups (broad SMARTS) is 1. The average Bonchev–Trinajstić information content (AvgIpc) is 2.91. The van der Waals surface area contributed by atoms with Crippen molar-refractivity contribution in [1.29, 1.82) is 0 Å². The number of ether oxygens (including phenoxy) is 1. The summed E-state index contributed by atoms with van der Waals surface area (Å²) < 4.78 is 5.82. The summed E-state index contributed by atoms with van der Waals surface area (Å²) >= 11 is 1.57. The third-order valence-corrected chi connectivity index (χ3v) is 3.77. The van der Waals surface area contributed by atoms with E-state index in [4.69, 9.17) is 9.84 Å².